The minimum absolute atomic E-state index is 0.0758. The molecule has 7 heteroatoms. The lowest BCUT2D eigenvalue weighted by molar-refractivity contribution is -0.133. The quantitative estimate of drug-likeness (QED) is 0.552. The molecule has 1 aromatic heterocycles. The third kappa shape index (κ3) is 5.34. The van der Waals surface area contributed by atoms with E-state index in [0.717, 1.165) is 63.2 Å². The van der Waals surface area contributed by atoms with E-state index in [4.69, 9.17) is 4.74 Å². The Hall–Kier alpha value is -2.70. The van der Waals surface area contributed by atoms with Crippen LogP contribution in [-0.4, -0.2) is 53.6 Å². The second-order valence-corrected chi connectivity index (χ2v) is 10.0. The highest BCUT2D eigenvalue weighted by Gasteiger charge is 2.43. The van der Waals surface area contributed by atoms with Crippen LogP contribution < -0.4 is 9.64 Å². The van der Waals surface area contributed by atoms with E-state index in [1.807, 2.05) is 23.4 Å². The largest absolute Gasteiger partial charge is 0.491 e. The van der Waals surface area contributed by atoms with Crippen molar-refractivity contribution in [1.82, 2.24) is 14.9 Å². The highest BCUT2D eigenvalue weighted by molar-refractivity contribution is 5.79. The Kier molecular flexibility index (Phi) is 6.97. The van der Waals surface area contributed by atoms with E-state index in [1.165, 1.54) is 30.9 Å². The van der Waals surface area contributed by atoms with Gasteiger partial charge in [-0.05, 0) is 79.5 Å². The summed E-state index contributed by atoms with van der Waals surface area (Å²) in [5, 5.41) is 0. The topological polar surface area (TPSA) is 58.6 Å². The van der Waals surface area contributed by atoms with Crippen LogP contribution in [0, 0.1) is 23.6 Å². The second kappa shape index (κ2) is 10.3. The molecule has 6 nitrogen and oxygen atoms in total. The van der Waals surface area contributed by atoms with Crippen LogP contribution in [0.15, 0.2) is 30.6 Å². The number of carbonyl (C=O) groups excluding carboxylic acids is 1. The number of amides is 1. The lowest BCUT2D eigenvalue weighted by Gasteiger charge is -2.32. The average Bonchev–Trinajstić information content (AvgIpc) is 3.59. The zero-order valence-electron chi connectivity index (χ0n) is 20.1. The molecule has 1 amide bonds. The van der Waals surface area contributed by atoms with E-state index in [-0.39, 0.29) is 18.1 Å². The number of piperidine rings is 1. The first kappa shape index (κ1) is 23.1. The van der Waals surface area contributed by atoms with Crippen molar-refractivity contribution in [3.05, 3.63) is 47.5 Å². The van der Waals surface area contributed by atoms with Crippen LogP contribution in [0.4, 0.5) is 10.3 Å². The molecule has 1 aromatic carbocycles. The van der Waals surface area contributed by atoms with E-state index >= 15 is 0 Å². The predicted octanol–water partition coefficient (Wildman–Crippen LogP) is 4.27. The highest BCUT2D eigenvalue weighted by atomic mass is 19.1. The van der Waals surface area contributed by atoms with E-state index in [1.54, 1.807) is 6.07 Å². The maximum atomic E-state index is 14.5. The minimum atomic E-state index is -0.372. The van der Waals surface area contributed by atoms with Gasteiger partial charge in [-0.1, -0.05) is 13.0 Å². The van der Waals surface area contributed by atoms with E-state index < -0.39 is 0 Å². The van der Waals surface area contributed by atoms with Gasteiger partial charge >= 0.3 is 0 Å². The smallest absolute Gasteiger partial charge is 0.226 e. The Bertz CT molecular complexity index is 987. The number of carbonyl (C=O) groups is 1. The minimum Gasteiger partial charge on any atom is -0.491 e. The van der Waals surface area contributed by atoms with Crippen molar-refractivity contribution in [2.75, 3.05) is 37.7 Å². The van der Waals surface area contributed by atoms with Crippen LogP contribution >= 0.6 is 0 Å². The van der Waals surface area contributed by atoms with Crippen molar-refractivity contribution in [1.29, 1.82) is 0 Å². The fraction of sp³-hybridized carbons (Fsp3) is 0.593. The summed E-state index contributed by atoms with van der Waals surface area (Å²) >= 11 is 0. The third-order valence-corrected chi connectivity index (χ3v) is 7.81. The molecule has 2 atom stereocenters. The molecule has 0 N–H and O–H groups in total. The van der Waals surface area contributed by atoms with E-state index in [2.05, 4.69) is 21.8 Å². The van der Waals surface area contributed by atoms with Gasteiger partial charge in [0.1, 0.15) is 0 Å². The highest BCUT2D eigenvalue weighted by Crippen LogP contribution is 2.49. The Labute approximate surface area is 201 Å². The van der Waals surface area contributed by atoms with E-state index in [9.17, 15) is 9.18 Å². The molecule has 1 aliphatic carbocycles. The number of halogens is 1. The Balaban J connectivity index is 1.02. The summed E-state index contributed by atoms with van der Waals surface area (Å²) in [5.41, 5.74) is 1.89. The summed E-state index contributed by atoms with van der Waals surface area (Å²) in [7, 11) is 0. The summed E-state index contributed by atoms with van der Waals surface area (Å²) in [6, 6.07) is 4.92. The van der Waals surface area contributed by atoms with Gasteiger partial charge in [-0.3, -0.25) is 4.79 Å². The van der Waals surface area contributed by atoms with Crippen LogP contribution in [-0.2, 0) is 17.6 Å². The number of rotatable bonds is 9. The standard InChI is InChI=1S/C27H35FN4O2/c1-2-19-17-29-27(30-18-19)32-11-6-21(7-12-32)23-16-22(23)8-13-34-25-5-4-20(14-24(25)28)15-26(33)31-9-3-10-31/h4-5,14,17-18,21-23H,2-3,6-13,15-16H2,1H3/t22-,23+/m0/s1. The number of benzene rings is 1. The van der Waals surface area contributed by atoms with E-state index in [0.29, 0.717) is 23.8 Å². The Morgan fingerprint density at radius 3 is 2.53 bits per heavy atom. The van der Waals surface area contributed by atoms with Gasteiger partial charge in [0.05, 0.1) is 13.0 Å². The summed E-state index contributed by atoms with van der Waals surface area (Å²) in [6.45, 7) is 6.35. The molecular formula is C27H35FN4O2. The number of aryl methyl sites for hydroxylation is 1. The molecule has 3 aliphatic rings. The molecule has 5 rings (SSSR count). The maximum Gasteiger partial charge on any atom is 0.226 e. The number of nitrogens with zero attached hydrogens (tertiary/aromatic N) is 4. The SMILES string of the molecule is CCc1cnc(N2CCC([C@H]3C[C@@H]3CCOc3ccc(CC(=O)N4CCC4)cc3F)CC2)nc1. The molecular weight excluding hydrogens is 431 g/mol. The Morgan fingerprint density at radius 2 is 1.88 bits per heavy atom. The second-order valence-electron chi connectivity index (χ2n) is 10.0. The number of hydrogen-bond acceptors (Lipinski definition) is 5. The van der Waals surface area contributed by atoms with Gasteiger partial charge in [-0.15, -0.1) is 0 Å². The van der Waals surface area contributed by atoms with Gasteiger partial charge < -0.3 is 14.5 Å². The zero-order chi connectivity index (χ0) is 23.5. The summed E-state index contributed by atoms with van der Waals surface area (Å²) in [6.07, 6.45) is 10.8. The zero-order valence-corrected chi connectivity index (χ0v) is 20.1. The fourth-order valence-electron chi connectivity index (χ4n) is 5.35. The van der Waals surface area contributed by atoms with Crippen molar-refractivity contribution < 1.29 is 13.9 Å². The van der Waals surface area contributed by atoms with Gasteiger partial charge in [-0.25, -0.2) is 14.4 Å². The van der Waals surface area contributed by atoms with Gasteiger partial charge in [0, 0.05) is 38.6 Å². The van der Waals surface area contributed by atoms with Crippen LogP contribution in [0.5, 0.6) is 5.75 Å². The number of likely N-dealkylation sites (tertiary alicyclic amines) is 1. The maximum absolute atomic E-state index is 14.5. The van der Waals surface area contributed by atoms with Gasteiger partial charge in [-0.2, -0.15) is 0 Å². The molecule has 0 radical (unpaired) electrons. The average molecular weight is 467 g/mol. The number of aromatic nitrogens is 2. The van der Waals surface area contributed by atoms with Crippen LogP contribution in [0.3, 0.4) is 0 Å². The number of anilines is 1. The molecule has 2 saturated heterocycles. The molecule has 3 fully saturated rings. The van der Waals surface area contributed by atoms with Crippen molar-refractivity contribution in [2.24, 2.45) is 17.8 Å². The molecule has 0 unspecified atom stereocenters. The number of ether oxygens (including phenoxy) is 1. The normalized spacial score (nSPS) is 22.4. The van der Waals surface area contributed by atoms with Crippen molar-refractivity contribution >= 4 is 11.9 Å². The molecule has 1 saturated carbocycles. The molecule has 2 aliphatic heterocycles. The first-order chi connectivity index (χ1) is 16.6. The molecule has 2 aromatic rings. The van der Waals surface area contributed by atoms with Crippen LogP contribution in [0.1, 0.15) is 50.2 Å². The van der Waals surface area contributed by atoms with Crippen molar-refractivity contribution in [2.45, 2.75) is 51.9 Å². The van der Waals surface area contributed by atoms with Crippen LogP contribution in [0.2, 0.25) is 0 Å². The molecule has 34 heavy (non-hydrogen) atoms. The summed E-state index contributed by atoms with van der Waals surface area (Å²) < 4.78 is 20.2. The third-order valence-electron chi connectivity index (χ3n) is 7.81. The number of hydrogen-bond donors (Lipinski definition) is 0. The first-order valence-corrected chi connectivity index (χ1v) is 12.9. The van der Waals surface area contributed by atoms with Gasteiger partial charge in [0.2, 0.25) is 11.9 Å². The molecule has 0 bridgehead atoms. The predicted molar refractivity (Wildman–Crippen MR) is 129 cm³/mol. The summed E-state index contributed by atoms with van der Waals surface area (Å²) in [4.78, 5) is 25.3. The molecule has 182 valence electrons. The Morgan fingerprint density at radius 1 is 1.12 bits per heavy atom. The monoisotopic (exact) mass is 466 g/mol. The van der Waals surface area contributed by atoms with Gasteiger partial charge in [0.15, 0.2) is 11.6 Å². The summed E-state index contributed by atoms with van der Waals surface area (Å²) in [5.74, 6) is 3.07. The van der Waals surface area contributed by atoms with Crippen LogP contribution in [0.25, 0.3) is 0 Å². The molecule has 3 heterocycles. The van der Waals surface area contributed by atoms with Gasteiger partial charge in [0.25, 0.3) is 0 Å². The lowest BCUT2D eigenvalue weighted by atomic mass is 9.90. The van der Waals surface area contributed by atoms with Crippen molar-refractivity contribution in [3.63, 3.8) is 0 Å². The first-order valence-electron chi connectivity index (χ1n) is 12.9. The lowest BCUT2D eigenvalue weighted by Crippen LogP contribution is -2.42. The van der Waals surface area contributed by atoms with Crippen molar-refractivity contribution in [3.8, 4) is 5.75 Å². The molecule has 0 spiro atoms. The fourth-order valence-corrected chi connectivity index (χ4v) is 5.35.